The first-order valence-electron chi connectivity index (χ1n) is 6.54. The molecule has 0 aliphatic heterocycles. The third-order valence-electron chi connectivity index (χ3n) is 3.18. The van der Waals surface area contributed by atoms with E-state index in [-0.39, 0.29) is 29.7 Å². The van der Waals surface area contributed by atoms with Gasteiger partial charge in [0.2, 0.25) is 5.91 Å². The number of nitrogens with one attached hydrogen (secondary N) is 1. The molecule has 0 radical (unpaired) electrons. The van der Waals surface area contributed by atoms with Gasteiger partial charge in [-0.3, -0.25) is 4.79 Å². The van der Waals surface area contributed by atoms with Gasteiger partial charge in [0.15, 0.2) is 0 Å². The molecule has 1 amide bonds. The Morgan fingerprint density at radius 2 is 2.06 bits per heavy atom. The summed E-state index contributed by atoms with van der Waals surface area (Å²) < 4.78 is 0. The van der Waals surface area contributed by atoms with E-state index in [1.807, 2.05) is 13.2 Å². The normalized spacial score (nSPS) is 16.3. The van der Waals surface area contributed by atoms with Crippen LogP contribution in [0.3, 0.4) is 0 Å². The zero-order valence-corrected chi connectivity index (χ0v) is 12.3. The minimum Gasteiger partial charge on any atom is -0.395 e. The van der Waals surface area contributed by atoms with E-state index in [0.717, 1.165) is 25.7 Å². The molecule has 0 aromatic heterocycles. The van der Waals surface area contributed by atoms with Gasteiger partial charge in [0, 0.05) is 17.2 Å². The fraction of sp³-hybridized carbons (Fsp3) is 0.923. The second-order valence-electron chi connectivity index (χ2n) is 4.50. The summed E-state index contributed by atoms with van der Waals surface area (Å²) in [4.78, 5) is 12.0. The standard InChI is InChI=1S/C13H27NO2S/c1-5-7-8-11(6-2)13(16)14-10(3)12(9-15)17-4/h10-12,15H,5-9H2,1-4H3,(H,14,16). The van der Waals surface area contributed by atoms with Crippen molar-refractivity contribution in [2.45, 2.75) is 57.7 Å². The fourth-order valence-corrected chi connectivity index (χ4v) is 2.47. The molecule has 102 valence electrons. The number of aliphatic hydroxyl groups is 1. The third-order valence-corrected chi connectivity index (χ3v) is 4.34. The molecule has 3 atom stereocenters. The van der Waals surface area contributed by atoms with Crippen molar-refractivity contribution in [3.63, 3.8) is 0 Å². The summed E-state index contributed by atoms with van der Waals surface area (Å²) in [5.74, 6) is 0.263. The van der Waals surface area contributed by atoms with Crippen LogP contribution in [0.1, 0.15) is 46.5 Å². The van der Waals surface area contributed by atoms with Crippen molar-refractivity contribution in [2.24, 2.45) is 5.92 Å². The van der Waals surface area contributed by atoms with Crippen LogP contribution < -0.4 is 5.32 Å². The van der Waals surface area contributed by atoms with Gasteiger partial charge in [-0.2, -0.15) is 11.8 Å². The Morgan fingerprint density at radius 1 is 1.41 bits per heavy atom. The predicted octanol–water partition coefficient (Wildman–Crippen LogP) is 2.43. The number of amides is 1. The summed E-state index contributed by atoms with van der Waals surface area (Å²) in [6.07, 6.45) is 6.05. The number of hydrogen-bond acceptors (Lipinski definition) is 3. The van der Waals surface area contributed by atoms with Crippen LogP contribution in [0.15, 0.2) is 0 Å². The van der Waals surface area contributed by atoms with Crippen molar-refractivity contribution in [3.05, 3.63) is 0 Å². The van der Waals surface area contributed by atoms with Gasteiger partial charge in [-0.1, -0.05) is 26.7 Å². The lowest BCUT2D eigenvalue weighted by molar-refractivity contribution is -0.126. The molecular weight excluding hydrogens is 234 g/mol. The Bertz CT molecular complexity index is 208. The van der Waals surface area contributed by atoms with E-state index >= 15 is 0 Å². The highest BCUT2D eigenvalue weighted by atomic mass is 32.2. The molecule has 17 heavy (non-hydrogen) atoms. The average Bonchev–Trinajstić information content (AvgIpc) is 2.31. The molecule has 0 saturated heterocycles. The van der Waals surface area contributed by atoms with Crippen LogP contribution in [0.25, 0.3) is 0 Å². The molecule has 0 aliphatic rings. The summed E-state index contributed by atoms with van der Waals surface area (Å²) >= 11 is 1.59. The molecule has 4 heteroatoms. The molecule has 0 fully saturated rings. The Labute approximate surface area is 110 Å². The quantitative estimate of drug-likeness (QED) is 0.670. The van der Waals surface area contributed by atoms with E-state index in [4.69, 9.17) is 0 Å². The first-order chi connectivity index (χ1) is 8.10. The van der Waals surface area contributed by atoms with Crippen molar-refractivity contribution >= 4 is 17.7 Å². The summed E-state index contributed by atoms with van der Waals surface area (Å²) in [5.41, 5.74) is 0. The van der Waals surface area contributed by atoms with Gasteiger partial charge in [-0.05, 0) is 26.0 Å². The number of unbranched alkanes of at least 4 members (excludes halogenated alkanes) is 1. The second-order valence-corrected chi connectivity index (χ2v) is 5.58. The SMILES string of the molecule is CCCCC(CC)C(=O)NC(C)C(CO)SC. The number of hydrogen-bond donors (Lipinski definition) is 2. The highest BCUT2D eigenvalue weighted by molar-refractivity contribution is 7.99. The fourth-order valence-electron chi connectivity index (χ4n) is 1.84. The van der Waals surface area contributed by atoms with E-state index in [2.05, 4.69) is 19.2 Å². The van der Waals surface area contributed by atoms with E-state index in [1.54, 1.807) is 11.8 Å². The Kier molecular flexibility index (Phi) is 9.65. The van der Waals surface area contributed by atoms with Crippen LogP contribution in [0, 0.1) is 5.92 Å². The lowest BCUT2D eigenvalue weighted by atomic mass is 9.98. The van der Waals surface area contributed by atoms with Gasteiger partial charge in [0.05, 0.1) is 6.61 Å². The Hall–Kier alpha value is -0.220. The molecule has 0 aromatic rings. The summed E-state index contributed by atoms with van der Waals surface area (Å²) in [6, 6.07) is 0.0261. The molecule has 3 nitrogen and oxygen atoms in total. The summed E-state index contributed by atoms with van der Waals surface area (Å²) in [6.45, 7) is 6.27. The molecular formula is C13H27NO2S. The lowest BCUT2D eigenvalue weighted by Crippen LogP contribution is -2.43. The highest BCUT2D eigenvalue weighted by Crippen LogP contribution is 2.15. The topological polar surface area (TPSA) is 49.3 Å². The lowest BCUT2D eigenvalue weighted by Gasteiger charge is -2.24. The Morgan fingerprint density at radius 3 is 2.47 bits per heavy atom. The van der Waals surface area contributed by atoms with Gasteiger partial charge < -0.3 is 10.4 Å². The first-order valence-corrected chi connectivity index (χ1v) is 7.83. The number of thioether (sulfide) groups is 1. The van der Waals surface area contributed by atoms with E-state index in [1.165, 1.54) is 0 Å². The van der Waals surface area contributed by atoms with Crippen LogP contribution in [0.5, 0.6) is 0 Å². The number of carbonyl (C=O) groups excluding carboxylic acids is 1. The molecule has 0 rings (SSSR count). The predicted molar refractivity (Wildman–Crippen MR) is 75.3 cm³/mol. The monoisotopic (exact) mass is 261 g/mol. The van der Waals surface area contributed by atoms with Crippen LogP contribution >= 0.6 is 11.8 Å². The van der Waals surface area contributed by atoms with Crippen molar-refractivity contribution in [1.82, 2.24) is 5.32 Å². The van der Waals surface area contributed by atoms with Crippen molar-refractivity contribution in [1.29, 1.82) is 0 Å². The van der Waals surface area contributed by atoms with Gasteiger partial charge in [0.25, 0.3) is 0 Å². The molecule has 0 aliphatic carbocycles. The summed E-state index contributed by atoms with van der Waals surface area (Å²) in [7, 11) is 0. The van der Waals surface area contributed by atoms with Gasteiger partial charge in [-0.25, -0.2) is 0 Å². The zero-order valence-electron chi connectivity index (χ0n) is 11.5. The number of carbonyl (C=O) groups is 1. The van der Waals surface area contributed by atoms with E-state index in [0.29, 0.717) is 0 Å². The molecule has 0 bridgehead atoms. The molecule has 0 aromatic carbocycles. The zero-order chi connectivity index (χ0) is 13.3. The molecule has 0 heterocycles. The van der Waals surface area contributed by atoms with Crippen LogP contribution in [-0.4, -0.2) is 35.2 Å². The third kappa shape index (κ3) is 6.32. The van der Waals surface area contributed by atoms with Crippen LogP contribution in [0.2, 0.25) is 0 Å². The molecule has 3 unspecified atom stereocenters. The maximum Gasteiger partial charge on any atom is 0.223 e. The van der Waals surface area contributed by atoms with Crippen molar-refractivity contribution < 1.29 is 9.90 Å². The molecule has 0 saturated carbocycles. The average molecular weight is 261 g/mol. The Balaban J connectivity index is 4.19. The maximum absolute atomic E-state index is 12.0. The molecule has 2 N–H and O–H groups in total. The smallest absolute Gasteiger partial charge is 0.223 e. The van der Waals surface area contributed by atoms with E-state index < -0.39 is 0 Å². The number of aliphatic hydroxyl groups excluding tert-OH is 1. The largest absolute Gasteiger partial charge is 0.395 e. The minimum absolute atomic E-state index is 0.0261. The van der Waals surface area contributed by atoms with Crippen LogP contribution in [0.4, 0.5) is 0 Å². The van der Waals surface area contributed by atoms with Crippen LogP contribution in [-0.2, 0) is 4.79 Å². The number of rotatable bonds is 9. The van der Waals surface area contributed by atoms with Gasteiger partial charge in [0.1, 0.15) is 0 Å². The highest BCUT2D eigenvalue weighted by Gasteiger charge is 2.21. The minimum atomic E-state index is 0.0261. The van der Waals surface area contributed by atoms with Crippen molar-refractivity contribution in [2.75, 3.05) is 12.9 Å². The summed E-state index contributed by atoms with van der Waals surface area (Å²) in [5, 5.41) is 12.3. The maximum atomic E-state index is 12.0. The van der Waals surface area contributed by atoms with Crippen molar-refractivity contribution in [3.8, 4) is 0 Å². The van der Waals surface area contributed by atoms with E-state index in [9.17, 15) is 9.90 Å². The molecule has 0 spiro atoms. The van der Waals surface area contributed by atoms with Gasteiger partial charge in [-0.15, -0.1) is 0 Å². The first kappa shape index (κ1) is 16.8. The van der Waals surface area contributed by atoms with Gasteiger partial charge >= 0.3 is 0 Å². The second kappa shape index (κ2) is 9.77.